The Balaban J connectivity index is 2.09. The summed E-state index contributed by atoms with van der Waals surface area (Å²) in [4.78, 5) is 11.3. The number of amides is 1. The summed E-state index contributed by atoms with van der Waals surface area (Å²) in [6.45, 7) is 1.32. The van der Waals surface area contributed by atoms with Crippen LogP contribution >= 0.6 is 0 Å². The van der Waals surface area contributed by atoms with E-state index in [1.807, 2.05) is 42.5 Å². The van der Waals surface area contributed by atoms with Crippen molar-refractivity contribution in [3.63, 3.8) is 0 Å². The molecule has 0 heterocycles. The first kappa shape index (κ1) is 16.6. The van der Waals surface area contributed by atoms with E-state index in [-0.39, 0.29) is 17.3 Å². The normalized spacial score (nSPS) is 10.5. The first-order chi connectivity index (χ1) is 12.0. The summed E-state index contributed by atoms with van der Waals surface area (Å²) in [5.41, 5.74) is 2.04. The average molecular weight is 335 g/mol. The summed E-state index contributed by atoms with van der Waals surface area (Å²) in [7, 11) is 1.67. The van der Waals surface area contributed by atoms with Gasteiger partial charge < -0.3 is 10.6 Å². The Bertz CT molecular complexity index is 982. The Morgan fingerprint density at radius 2 is 1.72 bits per heavy atom. The smallest absolute Gasteiger partial charge is 0.221 e. The molecule has 0 saturated heterocycles. The number of fused-ring (bicyclic) bond motifs is 1. The number of rotatable bonds is 4. The number of benzene rings is 3. The standard InChI is InChI=1S/C20H18FN3O/c1-12(25)24-19-10-16(18(23-2)11-17(19)21)20(22)15-8-7-13-5-3-4-6-14(13)9-15/h3-11,22-23H,1-2H3,(H,24,25). The minimum atomic E-state index is -0.547. The maximum absolute atomic E-state index is 14.1. The topological polar surface area (TPSA) is 65.0 Å². The van der Waals surface area contributed by atoms with Crippen LogP contribution in [0.25, 0.3) is 10.8 Å². The van der Waals surface area contributed by atoms with Crippen LogP contribution in [0.5, 0.6) is 0 Å². The summed E-state index contributed by atoms with van der Waals surface area (Å²) in [6, 6.07) is 16.4. The number of carbonyl (C=O) groups excluding carboxylic acids is 1. The second-order valence-electron chi connectivity index (χ2n) is 5.75. The molecule has 3 N–H and O–H groups in total. The van der Waals surface area contributed by atoms with Gasteiger partial charge in [-0.05, 0) is 29.0 Å². The maximum Gasteiger partial charge on any atom is 0.221 e. The van der Waals surface area contributed by atoms with E-state index in [4.69, 9.17) is 5.41 Å². The number of carbonyl (C=O) groups is 1. The molecule has 1 amide bonds. The zero-order valence-corrected chi connectivity index (χ0v) is 14.0. The van der Waals surface area contributed by atoms with Crippen LogP contribution in [0.1, 0.15) is 18.1 Å². The van der Waals surface area contributed by atoms with Crippen molar-refractivity contribution >= 4 is 33.8 Å². The highest BCUT2D eigenvalue weighted by molar-refractivity contribution is 6.16. The molecule has 4 nitrogen and oxygen atoms in total. The largest absolute Gasteiger partial charge is 0.387 e. The van der Waals surface area contributed by atoms with Gasteiger partial charge in [0, 0.05) is 30.8 Å². The van der Waals surface area contributed by atoms with Crippen LogP contribution in [-0.2, 0) is 4.79 Å². The summed E-state index contributed by atoms with van der Waals surface area (Å²) in [5, 5.41) is 16.1. The van der Waals surface area contributed by atoms with Crippen LogP contribution in [0, 0.1) is 11.2 Å². The fraction of sp³-hybridized carbons (Fsp3) is 0.100. The quantitative estimate of drug-likeness (QED) is 0.619. The van der Waals surface area contributed by atoms with Gasteiger partial charge in [0.05, 0.1) is 11.4 Å². The molecule has 25 heavy (non-hydrogen) atoms. The summed E-state index contributed by atoms with van der Waals surface area (Å²) < 4.78 is 14.1. The third-order valence-electron chi connectivity index (χ3n) is 3.99. The molecule has 3 aromatic rings. The van der Waals surface area contributed by atoms with Crippen molar-refractivity contribution in [1.82, 2.24) is 0 Å². The van der Waals surface area contributed by atoms with Crippen LogP contribution in [0.3, 0.4) is 0 Å². The van der Waals surface area contributed by atoms with Gasteiger partial charge in [-0.2, -0.15) is 0 Å². The molecular weight excluding hydrogens is 317 g/mol. The predicted octanol–water partition coefficient (Wildman–Crippen LogP) is 4.40. The number of hydrogen-bond acceptors (Lipinski definition) is 3. The Morgan fingerprint density at radius 1 is 1.00 bits per heavy atom. The van der Waals surface area contributed by atoms with Crippen molar-refractivity contribution in [3.05, 3.63) is 71.5 Å². The van der Waals surface area contributed by atoms with Gasteiger partial charge >= 0.3 is 0 Å². The van der Waals surface area contributed by atoms with Gasteiger partial charge in [-0.1, -0.05) is 36.4 Å². The first-order valence-electron chi connectivity index (χ1n) is 7.86. The van der Waals surface area contributed by atoms with E-state index in [2.05, 4.69) is 10.6 Å². The minimum Gasteiger partial charge on any atom is -0.387 e. The third-order valence-corrected chi connectivity index (χ3v) is 3.99. The maximum atomic E-state index is 14.1. The Kier molecular flexibility index (Phi) is 4.48. The van der Waals surface area contributed by atoms with E-state index >= 15 is 0 Å². The Hall–Kier alpha value is -3.21. The van der Waals surface area contributed by atoms with Crippen LogP contribution in [-0.4, -0.2) is 18.7 Å². The van der Waals surface area contributed by atoms with E-state index in [1.54, 1.807) is 7.05 Å². The van der Waals surface area contributed by atoms with Gasteiger partial charge in [0.15, 0.2) is 0 Å². The minimum absolute atomic E-state index is 0.0621. The van der Waals surface area contributed by atoms with E-state index in [0.717, 1.165) is 16.3 Å². The lowest BCUT2D eigenvalue weighted by atomic mass is 9.97. The van der Waals surface area contributed by atoms with Crippen LogP contribution in [0.15, 0.2) is 54.6 Å². The zero-order valence-electron chi connectivity index (χ0n) is 14.0. The number of anilines is 2. The molecule has 0 aliphatic rings. The van der Waals surface area contributed by atoms with E-state index in [1.165, 1.54) is 19.1 Å². The van der Waals surface area contributed by atoms with Gasteiger partial charge in [-0.15, -0.1) is 0 Å². The van der Waals surface area contributed by atoms with Gasteiger partial charge in [0.2, 0.25) is 5.91 Å². The molecule has 0 fully saturated rings. The second kappa shape index (κ2) is 6.73. The molecule has 0 unspecified atom stereocenters. The molecule has 3 rings (SSSR count). The Morgan fingerprint density at radius 3 is 2.40 bits per heavy atom. The van der Waals surface area contributed by atoms with Crippen molar-refractivity contribution < 1.29 is 9.18 Å². The lowest BCUT2D eigenvalue weighted by Crippen LogP contribution is -2.11. The molecule has 0 aliphatic carbocycles. The molecule has 0 saturated carbocycles. The molecule has 0 aromatic heterocycles. The van der Waals surface area contributed by atoms with Crippen molar-refractivity contribution in [2.45, 2.75) is 6.92 Å². The highest BCUT2D eigenvalue weighted by Crippen LogP contribution is 2.27. The van der Waals surface area contributed by atoms with Crippen molar-refractivity contribution in [2.75, 3.05) is 17.7 Å². The number of nitrogens with one attached hydrogen (secondary N) is 3. The van der Waals surface area contributed by atoms with E-state index < -0.39 is 5.82 Å². The average Bonchev–Trinajstić information content (AvgIpc) is 2.61. The molecular formula is C20H18FN3O. The van der Waals surface area contributed by atoms with Gasteiger partial charge in [0.1, 0.15) is 5.82 Å². The summed E-state index contributed by atoms with van der Waals surface area (Å²) in [6.07, 6.45) is 0. The third kappa shape index (κ3) is 3.35. The number of halogens is 1. The van der Waals surface area contributed by atoms with Crippen molar-refractivity contribution in [1.29, 1.82) is 5.41 Å². The molecule has 0 bridgehead atoms. The molecule has 0 radical (unpaired) electrons. The molecule has 0 aliphatic heterocycles. The van der Waals surface area contributed by atoms with Crippen LogP contribution in [0.2, 0.25) is 0 Å². The van der Waals surface area contributed by atoms with E-state index in [0.29, 0.717) is 11.3 Å². The Labute approximate surface area is 145 Å². The summed E-state index contributed by atoms with van der Waals surface area (Å²) >= 11 is 0. The molecule has 0 spiro atoms. The lowest BCUT2D eigenvalue weighted by Gasteiger charge is -2.14. The predicted molar refractivity (Wildman–Crippen MR) is 100 cm³/mol. The van der Waals surface area contributed by atoms with Crippen LogP contribution < -0.4 is 10.6 Å². The van der Waals surface area contributed by atoms with Gasteiger partial charge in [0.25, 0.3) is 0 Å². The SMILES string of the molecule is CNc1cc(F)c(NC(C)=O)cc1C(=N)c1ccc2ccccc2c1. The molecule has 5 heteroatoms. The van der Waals surface area contributed by atoms with E-state index in [9.17, 15) is 9.18 Å². The van der Waals surface area contributed by atoms with Crippen molar-refractivity contribution in [3.8, 4) is 0 Å². The monoisotopic (exact) mass is 335 g/mol. The molecule has 126 valence electrons. The van der Waals surface area contributed by atoms with Gasteiger partial charge in [-0.3, -0.25) is 10.2 Å². The summed E-state index contributed by atoms with van der Waals surface area (Å²) in [5.74, 6) is -0.908. The molecule has 0 atom stereocenters. The van der Waals surface area contributed by atoms with Crippen LogP contribution in [0.4, 0.5) is 15.8 Å². The fourth-order valence-corrected chi connectivity index (χ4v) is 2.77. The highest BCUT2D eigenvalue weighted by atomic mass is 19.1. The molecule has 3 aromatic carbocycles. The lowest BCUT2D eigenvalue weighted by molar-refractivity contribution is -0.114. The highest BCUT2D eigenvalue weighted by Gasteiger charge is 2.15. The number of hydrogen-bond donors (Lipinski definition) is 3. The van der Waals surface area contributed by atoms with Gasteiger partial charge in [-0.25, -0.2) is 4.39 Å². The zero-order chi connectivity index (χ0) is 18.0. The first-order valence-corrected chi connectivity index (χ1v) is 7.86. The second-order valence-corrected chi connectivity index (χ2v) is 5.75. The van der Waals surface area contributed by atoms with Crippen molar-refractivity contribution in [2.24, 2.45) is 0 Å². The fourth-order valence-electron chi connectivity index (χ4n) is 2.77.